The molecule has 0 aliphatic carbocycles. The first-order valence-corrected chi connectivity index (χ1v) is 7.74. The van der Waals surface area contributed by atoms with Gasteiger partial charge < -0.3 is 10.6 Å². The number of fused-ring (bicyclic) bond motifs is 1. The Labute approximate surface area is 134 Å². The first-order chi connectivity index (χ1) is 10.4. The highest BCUT2D eigenvalue weighted by molar-refractivity contribution is 6.32. The van der Waals surface area contributed by atoms with Crippen LogP contribution in [0.5, 0.6) is 0 Å². The molecule has 5 nitrogen and oxygen atoms in total. The van der Waals surface area contributed by atoms with Crippen LogP contribution in [0.25, 0.3) is 11.0 Å². The number of rotatable bonds is 3. The monoisotopic (exact) mass is 318 g/mol. The van der Waals surface area contributed by atoms with E-state index in [4.69, 9.17) is 17.3 Å². The van der Waals surface area contributed by atoms with Crippen molar-refractivity contribution in [3.63, 3.8) is 0 Å². The average Bonchev–Trinajstić information content (AvgIpc) is 2.96. The van der Waals surface area contributed by atoms with Gasteiger partial charge in [0.05, 0.1) is 11.0 Å². The van der Waals surface area contributed by atoms with Gasteiger partial charge in [-0.15, -0.1) is 0 Å². The van der Waals surface area contributed by atoms with Crippen LogP contribution in [0.4, 0.5) is 5.82 Å². The summed E-state index contributed by atoms with van der Waals surface area (Å²) in [5, 5.41) is 0.399. The maximum Gasteiger partial charge on any atom is 0.223 e. The van der Waals surface area contributed by atoms with Crippen LogP contribution in [-0.4, -0.2) is 29.0 Å². The van der Waals surface area contributed by atoms with Crippen molar-refractivity contribution in [1.82, 2.24) is 9.97 Å². The molecule has 1 fully saturated rings. The fourth-order valence-corrected chi connectivity index (χ4v) is 3.17. The average molecular weight is 319 g/mol. The van der Waals surface area contributed by atoms with Gasteiger partial charge in [0, 0.05) is 18.5 Å². The second-order valence-electron chi connectivity index (χ2n) is 6.34. The summed E-state index contributed by atoms with van der Waals surface area (Å²) in [7, 11) is 0. The number of primary amides is 1. The predicted octanol–water partition coefficient (Wildman–Crippen LogP) is 2.62. The van der Waals surface area contributed by atoms with E-state index >= 15 is 0 Å². The number of nitrogens with two attached hydrogens (primary N) is 1. The molecule has 2 aromatic rings. The number of carbonyl (C=O) groups excluding carboxylic acids is 1. The summed E-state index contributed by atoms with van der Waals surface area (Å²) >= 11 is 6.30. The summed E-state index contributed by atoms with van der Waals surface area (Å²) in [5.41, 5.74) is 6.59. The Bertz CT molecular complexity index is 731. The normalized spacial score (nSPS) is 18.9. The molecule has 0 spiro atoms. The number of hydrogen-bond donors (Lipinski definition) is 1. The standard InChI is InChI=1S/C16H19ClN4O/c1-16(2,15(18)22)10-7-8-21(9-10)14-13(17)19-11-5-3-4-6-12(11)20-14/h3-6,10H,7-9H2,1-2H3,(H2,18,22). The lowest BCUT2D eigenvalue weighted by atomic mass is 9.78. The molecule has 1 saturated heterocycles. The van der Waals surface area contributed by atoms with Crippen molar-refractivity contribution < 1.29 is 4.79 Å². The van der Waals surface area contributed by atoms with E-state index in [1.807, 2.05) is 38.1 Å². The van der Waals surface area contributed by atoms with Crippen molar-refractivity contribution in [2.45, 2.75) is 20.3 Å². The van der Waals surface area contributed by atoms with Gasteiger partial charge in [-0.05, 0) is 24.5 Å². The molecule has 1 aliphatic rings. The molecule has 1 aromatic heterocycles. The van der Waals surface area contributed by atoms with E-state index in [0.717, 1.165) is 24.0 Å². The molecule has 1 atom stereocenters. The van der Waals surface area contributed by atoms with Crippen molar-refractivity contribution in [3.8, 4) is 0 Å². The Hall–Kier alpha value is -1.88. The lowest BCUT2D eigenvalue weighted by Crippen LogP contribution is -2.39. The third kappa shape index (κ3) is 2.50. The zero-order chi connectivity index (χ0) is 15.9. The minimum atomic E-state index is -0.536. The molecule has 0 saturated carbocycles. The lowest BCUT2D eigenvalue weighted by molar-refractivity contribution is -0.128. The summed E-state index contributed by atoms with van der Waals surface area (Å²) in [6.45, 7) is 5.31. The van der Waals surface area contributed by atoms with Gasteiger partial charge in [-0.2, -0.15) is 0 Å². The fourth-order valence-electron chi connectivity index (χ4n) is 2.91. The topological polar surface area (TPSA) is 72.1 Å². The van der Waals surface area contributed by atoms with E-state index in [1.54, 1.807) is 0 Å². The summed E-state index contributed by atoms with van der Waals surface area (Å²) < 4.78 is 0. The van der Waals surface area contributed by atoms with E-state index in [0.29, 0.717) is 17.5 Å². The summed E-state index contributed by atoms with van der Waals surface area (Å²) in [4.78, 5) is 22.8. The smallest absolute Gasteiger partial charge is 0.223 e. The van der Waals surface area contributed by atoms with E-state index in [-0.39, 0.29) is 11.8 Å². The van der Waals surface area contributed by atoms with E-state index in [2.05, 4.69) is 14.9 Å². The molecule has 22 heavy (non-hydrogen) atoms. The van der Waals surface area contributed by atoms with Crippen LogP contribution >= 0.6 is 11.6 Å². The molecule has 1 aliphatic heterocycles. The summed E-state index contributed by atoms with van der Waals surface area (Å²) in [6, 6.07) is 7.65. The van der Waals surface area contributed by atoms with Crippen molar-refractivity contribution in [1.29, 1.82) is 0 Å². The van der Waals surface area contributed by atoms with Crippen LogP contribution in [-0.2, 0) is 4.79 Å². The van der Waals surface area contributed by atoms with Gasteiger partial charge in [0.25, 0.3) is 0 Å². The number of aromatic nitrogens is 2. The quantitative estimate of drug-likeness (QED) is 0.944. The minimum Gasteiger partial charge on any atom is -0.369 e. The van der Waals surface area contributed by atoms with Gasteiger partial charge in [0.2, 0.25) is 5.91 Å². The highest BCUT2D eigenvalue weighted by atomic mass is 35.5. The maximum absolute atomic E-state index is 11.6. The number of halogens is 1. The SMILES string of the molecule is CC(C)(C(N)=O)C1CCN(c2nc3ccccc3nc2Cl)C1. The van der Waals surface area contributed by atoms with Gasteiger partial charge in [-0.25, -0.2) is 9.97 Å². The van der Waals surface area contributed by atoms with E-state index in [9.17, 15) is 4.79 Å². The van der Waals surface area contributed by atoms with Crippen molar-refractivity contribution in [2.75, 3.05) is 18.0 Å². The van der Waals surface area contributed by atoms with Crippen molar-refractivity contribution in [3.05, 3.63) is 29.4 Å². The number of benzene rings is 1. The van der Waals surface area contributed by atoms with Crippen molar-refractivity contribution in [2.24, 2.45) is 17.1 Å². The van der Waals surface area contributed by atoms with Gasteiger partial charge in [-0.1, -0.05) is 37.6 Å². The Morgan fingerprint density at radius 3 is 2.59 bits per heavy atom. The molecular formula is C16H19ClN4O. The largest absolute Gasteiger partial charge is 0.369 e. The van der Waals surface area contributed by atoms with Gasteiger partial charge in [-0.3, -0.25) is 4.79 Å². The number of anilines is 1. The van der Waals surface area contributed by atoms with Gasteiger partial charge >= 0.3 is 0 Å². The number of para-hydroxylation sites is 2. The van der Waals surface area contributed by atoms with E-state index in [1.165, 1.54) is 0 Å². The Kier molecular flexibility index (Phi) is 3.68. The summed E-state index contributed by atoms with van der Waals surface area (Å²) in [5.74, 6) is 0.604. The highest BCUT2D eigenvalue weighted by Crippen LogP contribution is 2.37. The Morgan fingerprint density at radius 1 is 1.32 bits per heavy atom. The molecular weight excluding hydrogens is 300 g/mol. The van der Waals surface area contributed by atoms with Crippen molar-refractivity contribution >= 4 is 34.4 Å². The van der Waals surface area contributed by atoms with Crippen LogP contribution in [0.15, 0.2) is 24.3 Å². The number of amides is 1. The zero-order valence-electron chi connectivity index (χ0n) is 12.7. The summed E-state index contributed by atoms with van der Waals surface area (Å²) in [6.07, 6.45) is 0.890. The number of nitrogens with zero attached hydrogens (tertiary/aromatic N) is 3. The molecule has 2 heterocycles. The first-order valence-electron chi connectivity index (χ1n) is 7.36. The zero-order valence-corrected chi connectivity index (χ0v) is 13.5. The third-order valence-corrected chi connectivity index (χ3v) is 4.91. The first kappa shape index (κ1) is 15.0. The van der Waals surface area contributed by atoms with E-state index < -0.39 is 5.41 Å². The maximum atomic E-state index is 11.6. The molecule has 1 aromatic carbocycles. The molecule has 0 bridgehead atoms. The Balaban J connectivity index is 1.90. The number of hydrogen-bond acceptors (Lipinski definition) is 4. The second-order valence-corrected chi connectivity index (χ2v) is 6.70. The molecule has 3 rings (SSSR count). The third-order valence-electron chi connectivity index (χ3n) is 4.65. The fraction of sp³-hybridized carbons (Fsp3) is 0.438. The molecule has 2 N–H and O–H groups in total. The van der Waals surface area contributed by atoms with Gasteiger partial charge in [0.15, 0.2) is 11.0 Å². The van der Waals surface area contributed by atoms with Crippen LogP contribution in [0.2, 0.25) is 5.15 Å². The molecule has 1 amide bonds. The molecule has 0 radical (unpaired) electrons. The Morgan fingerprint density at radius 2 is 1.95 bits per heavy atom. The lowest BCUT2D eigenvalue weighted by Gasteiger charge is -2.28. The van der Waals surface area contributed by atoms with Crippen LogP contribution in [0, 0.1) is 11.3 Å². The second kappa shape index (κ2) is 5.39. The highest BCUT2D eigenvalue weighted by Gasteiger charge is 2.40. The molecule has 6 heteroatoms. The minimum absolute atomic E-state index is 0.189. The van der Waals surface area contributed by atoms with Crippen LogP contribution < -0.4 is 10.6 Å². The predicted molar refractivity (Wildman–Crippen MR) is 87.8 cm³/mol. The molecule has 1 unspecified atom stereocenters. The van der Waals surface area contributed by atoms with Crippen LogP contribution in [0.1, 0.15) is 20.3 Å². The van der Waals surface area contributed by atoms with Crippen LogP contribution in [0.3, 0.4) is 0 Å². The van der Waals surface area contributed by atoms with Gasteiger partial charge in [0.1, 0.15) is 0 Å². The molecule has 116 valence electrons. The number of carbonyl (C=O) groups is 1.